The van der Waals surface area contributed by atoms with E-state index >= 15 is 0 Å². The van der Waals surface area contributed by atoms with E-state index in [1.54, 1.807) is 6.07 Å². The molecule has 0 unspecified atom stereocenters. The highest BCUT2D eigenvalue weighted by Crippen LogP contribution is 2.40. The quantitative estimate of drug-likeness (QED) is 0.490. The maximum Gasteiger partial charge on any atom is 0.131 e. The maximum absolute atomic E-state index is 9.58. The summed E-state index contributed by atoms with van der Waals surface area (Å²) >= 11 is 2.12. The summed E-state index contributed by atoms with van der Waals surface area (Å²) in [6.07, 6.45) is 5.04. The van der Waals surface area contributed by atoms with Gasteiger partial charge in [-0.15, -0.1) is 0 Å². The van der Waals surface area contributed by atoms with Crippen molar-refractivity contribution in [3.8, 4) is 5.75 Å². The molecule has 0 amide bonds. The van der Waals surface area contributed by atoms with Gasteiger partial charge in [0.2, 0.25) is 0 Å². The predicted octanol–water partition coefficient (Wildman–Crippen LogP) is 5.54. The van der Waals surface area contributed by atoms with E-state index in [1.807, 2.05) is 6.07 Å². The molecule has 1 fully saturated rings. The summed E-state index contributed by atoms with van der Waals surface area (Å²) in [4.78, 5) is 0. The van der Waals surface area contributed by atoms with Crippen molar-refractivity contribution in [3.63, 3.8) is 0 Å². The van der Waals surface area contributed by atoms with Gasteiger partial charge in [-0.1, -0.05) is 46.6 Å². The standard InChI is InChI=1S/C13H18INO.C4H10/c1-8-2-4-9(5-3-8)10-6-7-11(16)12(14)13(10)15;1-4(2)3/h6-9,16H,2-5,15H2,1H3;4H,1-3H3. The number of hydrogen-bond donors (Lipinski definition) is 2. The molecule has 0 spiro atoms. The van der Waals surface area contributed by atoms with Gasteiger partial charge in [-0.25, -0.2) is 0 Å². The van der Waals surface area contributed by atoms with E-state index in [0.717, 1.165) is 21.1 Å². The molecule has 0 aromatic heterocycles. The SMILES string of the molecule is CC(C)C.CC1CCC(c2ccc(O)c(I)c2N)CC1. The van der Waals surface area contributed by atoms with E-state index in [9.17, 15) is 5.11 Å². The summed E-state index contributed by atoms with van der Waals surface area (Å²) in [5.74, 6) is 2.57. The fourth-order valence-electron chi connectivity index (χ4n) is 2.52. The second kappa shape index (κ2) is 8.11. The number of hydrogen-bond acceptors (Lipinski definition) is 2. The lowest BCUT2D eigenvalue weighted by molar-refractivity contribution is 0.348. The van der Waals surface area contributed by atoms with Crippen LogP contribution in [0.1, 0.15) is 64.9 Å². The zero-order valence-electron chi connectivity index (χ0n) is 13.1. The van der Waals surface area contributed by atoms with Crippen molar-refractivity contribution in [1.29, 1.82) is 0 Å². The number of nitrogens with two attached hydrogens (primary N) is 1. The van der Waals surface area contributed by atoms with E-state index in [1.165, 1.54) is 31.2 Å². The molecule has 1 saturated carbocycles. The van der Waals surface area contributed by atoms with E-state index in [0.29, 0.717) is 11.7 Å². The van der Waals surface area contributed by atoms with Gasteiger partial charge in [0.05, 0.1) is 9.26 Å². The van der Waals surface area contributed by atoms with Crippen molar-refractivity contribution in [1.82, 2.24) is 0 Å². The van der Waals surface area contributed by atoms with Gasteiger partial charge in [0.1, 0.15) is 5.75 Å². The Labute approximate surface area is 137 Å². The Morgan fingerprint density at radius 1 is 1.15 bits per heavy atom. The Kier molecular flexibility index (Phi) is 7.13. The second-order valence-corrected chi connectivity index (χ2v) is 7.67. The van der Waals surface area contributed by atoms with Crippen LogP contribution in [0.4, 0.5) is 5.69 Å². The van der Waals surface area contributed by atoms with Crippen LogP contribution >= 0.6 is 22.6 Å². The lowest BCUT2D eigenvalue weighted by Gasteiger charge is -2.27. The Bertz CT molecular complexity index is 420. The topological polar surface area (TPSA) is 46.2 Å². The highest BCUT2D eigenvalue weighted by atomic mass is 127. The van der Waals surface area contributed by atoms with E-state index in [4.69, 9.17) is 5.73 Å². The summed E-state index contributed by atoms with van der Waals surface area (Å²) in [6.45, 7) is 8.82. The third-order valence-corrected chi connectivity index (χ3v) is 4.78. The summed E-state index contributed by atoms with van der Waals surface area (Å²) in [6, 6.07) is 3.76. The van der Waals surface area contributed by atoms with Crippen LogP contribution in [0.5, 0.6) is 5.75 Å². The summed E-state index contributed by atoms with van der Waals surface area (Å²) in [7, 11) is 0. The smallest absolute Gasteiger partial charge is 0.131 e. The van der Waals surface area contributed by atoms with Crippen molar-refractivity contribution in [3.05, 3.63) is 21.3 Å². The van der Waals surface area contributed by atoms with Crippen LogP contribution in [0.15, 0.2) is 12.1 Å². The van der Waals surface area contributed by atoms with Crippen LogP contribution in [0.3, 0.4) is 0 Å². The molecule has 1 aromatic rings. The predicted molar refractivity (Wildman–Crippen MR) is 96.1 cm³/mol. The number of aromatic hydroxyl groups is 1. The molecule has 1 aliphatic rings. The molecule has 3 N–H and O–H groups in total. The van der Waals surface area contributed by atoms with Gasteiger partial charge in [0.15, 0.2) is 0 Å². The van der Waals surface area contributed by atoms with Crippen LogP contribution in [-0.2, 0) is 0 Å². The largest absolute Gasteiger partial charge is 0.507 e. The minimum atomic E-state index is 0.297. The van der Waals surface area contributed by atoms with Crippen LogP contribution < -0.4 is 5.73 Å². The van der Waals surface area contributed by atoms with Crippen molar-refractivity contribution in [2.45, 2.75) is 59.3 Å². The van der Waals surface area contributed by atoms with Gasteiger partial charge in [-0.05, 0) is 64.8 Å². The Balaban J connectivity index is 0.000000444. The minimum Gasteiger partial charge on any atom is -0.507 e. The average molecular weight is 389 g/mol. The first kappa shape index (κ1) is 17.6. The van der Waals surface area contributed by atoms with Gasteiger partial charge in [0.25, 0.3) is 0 Å². The Morgan fingerprint density at radius 2 is 1.65 bits per heavy atom. The molecule has 0 atom stereocenters. The third kappa shape index (κ3) is 5.15. The zero-order valence-corrected chi connectivity index (χ0v) is 15.3. The molecule has 0 aliphatic heterocycles. The van der Waals surface area contributed by atoms with Crippen molar-refractivity contribution in [2.24, 2.45) is 11.8 Å². The van der Waals surface area contributed by atoms with E-state index < -0.39 is 0 Å². The number of phenols is 1. The molecule has 2 rings (SSSR count). The van der Waals surface area contributed by atoms with Crippen LogP contribution in [0, 0.1) is 15.4 Å². The van der Waals surface area contributed by atoms with E-state index in [-0.39, 0.29) is 0 Å². The fourth-order valence-corrected chi connectivity index (χ4v) is 3.01. The molecular formula is C17H28INO. The average Bonchev–Trinajstić information content (AvgIpc) is 2.37. The summed E-state index contributed by atoms with van der Waals surface area (Å²) in [5.41, 5.74) is 8.09. The highest BCUT2D eigenvalue weighted by molar-refractivity contribution is 14.1. The number of phenolic OH excluding ortho intramolecular Hbond substituents is 1. The second-order valence-electron chi connectivity index (χ2n) is 6.59. The molecule has 3 heteroatoms. The van der Waals surface area contributed by atoms with Gasteiger partial charge in [0, 0.05) is 0 Å². The number of rotatable bonds is 1. The molecule has 1 aromatic carbocycles. The van der Waals surface area contributed by atoms with Gasteiger partial charge in [-0.2, -0.15) is 0 Å². The Morgan fingerprint density at radius 3 is 2.15 bits per heavy atom. The number of halogens is 1. The van der Waals surface area contributed by atoms with Crippen LogP contribution in [-0.4, -0.2) is 5.11 Å². The third-order valence-electron chi connectivity index (χ3n) is 3.65. The van der Waals surface area contributed by atoms with E-state index in [2.05, 4.69) is 50.3 Å². The molecule has 0 saturated heterocycles. The van der Waals surface area contributed by atoms with Gasteiger partial charge < -0.3 is 10.8 Å². The first-order valence-electron chi connectivity index (χ1n) is 7.59. The van der Waals surface area contributed by atoms with Gasteiger partial charge >= 0.3 is 0 Å². The molecule has 20 heavy (non-hydrogen) atoms. The zero-order chi connectivity index (χ0) is 15.3. The number of nitrogen functional groups attached to an aromatic ring is 1. The molecule has 0 radical (unpaired) electrons. The Hall–Kier alpha value is -0.450. The monoisotopic (exact) mass is 389 g/mol. The van der Waals surface area contributed by atoms with Gasteiger partial charge in [-0.3, -0.25) is 0 Å². The van der Waals surface area contributed by atoms with Crippen molar-refractivity contribution >= 4 is 28.3 Å². The highest BCUT2D eigenvalue weighted by Gasteiger charge is 2.22. The normalized spacial score (nSPS) is 22.3. The lowest BCUT2D eigenvalue weighted by atomic mass is 9.79. The maximum atomic E-state index is 9.58. The molecule has 114 valence electrons. The first-order valence-corrected chi connectivity index (χ1v) is 8.67. The van der Waals surface area contributed by atoms with Crippen LogP contribution in [0.25, 0.3) is 0 Å². The molecule has 1 aliphatic carbocycles. The fraction of sp³-hybridized carbons (Fsp3) is 0.647. The minimum absolute atomic E-state index is 0.297. The molecule has 0 bridgehead atoms. The summed E-state index contributed by atoms with van der Waals surface area (Å²) < 4.78 is 0.800. The number of benzene rings is 1. The molecule has 0 heterocycles. The molecular weight excluding hydrogens is 361 g/mol. The van der Waals surface area contributed by atoms with Crippen molar-refractivity contribution in [2.75, 3.05) is 5.73 Å². The summed E-state index contributed by atoms with van der Waals surface area (Å²) in [5, 5.41) is 9.58. The molecule has 2 nitrogen and oxygen atoms in total. The first-order chi connectivity index (χ1) is 9.32. The van der Waals surface area contributed by atoms with Crippen LogP contribution in [0.2, 0.25) is 0 Å². The lowest BCUT2D eigenvalue weighted by Crippen LogP contribution is -2.12. The van der Waals surface area contributed by atoms with Crippen molar-refractivity contribution < 1.29 is 5.11 Å². The number of anilines is 1.